The fraction of sp³-hybridized carbons (Fsp3) is 0.200. The van der Waals surface area contributed by atoms with Gasteiger partial charge in [0.15, 0.2) is 5.78 Å². The van der Waals surface area contributed by atoms with Gasteiger partial charge in [0.25, 0.3) is 5.69 Å². The third kappa shape index (κ3) is 3.06. The van der Waals surface area contributed by atoms with Gasteiger partial charge in [-0.1, -0.05) is 6.07 Å². The van der Waals surface area contributed by atoms with Gasteiger partial charge in [0, 0.05) is 29.1 Å². The number of aryl methyl sites for hydroxylation is 2. The van der Waals surface area contributed by atoms with Crippen LogP contribution in [0.1, 0.15) is 27.2 Å². The fourth-order valence-corrected chi connectivity index (χ4v) is 1.90. The lowest BCUT2D eigenvalue weighted by Gasteiger charge is -2.03. The van der Waals surface area contributed by atoms with Crippen molar-refractivity contribution in [2.45, 2.75) is 20.3 Å². The summed E-state index contributed by atoms with van der Waals surface area (Å²) in [7, 11) is 0. The number of pyridine rings is 1. The van der Waals surface area contributed by atoms with Crippen molar-refractivity contribution >= 4 is 11.5 Å². The van der Waals surface area contributed by atoms with Crippen LogP contribution in [0.4, 0.5) is 5.69 Å². The van der Waals surface area contributed by atoms with Crippen molar-refractivity contribution in [2.24, 2.45) is 0 Å². The Bertz CT molecular complexity index is 663. The van der Waals surface area contributed by atoms with Gasteiger partial charge in [-0.05, 0) is 37.6 Å². The second kappa shape index (κ2) is 5.61. The molecule has 20 heavy (non-hydrogen) atoms. The number of rotatable bonds is 4. The van der Waals surface area contributed by atoms with E-state index in [1.807, 2.05) is 19.1 Å². The van der Waals surface area contributed by atoms with Gasteiger partial charge in [-0.2, -0.15) is 0 Å². The zero-order valence-corrected chi connectivity index (χ0v) is 11.3. The van der Waals surface area contributed by atoms with Crippen LogP contribution in [0.15, 0.2) is 36.5 Å². The van der Waals surface area contributed by atoms with Crippen LogP contribution in [0, 0.1) is 24.0 Å². The van der Waals surface area contributed by atoms with Crippen LogP contribution < -0.4 is 0 Å². The Kier molecular flexibility index (Phi) is 3.89. The first kappa shape index (κ1) is 13.9. The van der Waals surface area contributed by atoms with E-state index < -0.39 is 4.92 Å². The predicted molar refractivity (Wildman–Crippen MR) is 74.8 cm³/mol. The third-order valence-electron chi connectivity index (χ3n) is 3.03. The topological polar surface area (TPSA) is 73.1 Å². The molecule has 0 fully saturated rings. The number of carbonyl (C=O) groups is 1. The van der Waals surface area contributed by atoms with E-state index in [0.29, 0.717) is 16.8 Å². The molecule has 0 atom stereocenters. The predicted octanol–water partition coefficient (Wildman–Crippen LogP) is 3.03. The van der Waals surface area contributed by atoms with Crippen LogP contribution in [-0.4, -0.2) is 15.7 Å². The van der Waals surface area contributed by atoms with E-state index in [0.717, 1.165) is 5.56 Å². The lowest BCUT2D eigenvalue weighted by atomic mass is 10.0. The van der Waals surface area contributed by atoms with Crippen molar-refractivity contribution < 1.29 is 9.72 Å². The molecule has 0 radical (unpaired) electrons. The van der Waals surface area contributed by atoms with Crippen LogP contribution >= 0.6 is 0 Å². The minimum absolute atomic E-state index is 0.0232. The summed E-state index contributed by atoms with van der Waals surface area (Å²) >= 11 is 0. The summed E-state index contributed by atoms with van der Waals surface area (Å²) < 4.78 is 0. The number of Topliss-reactive ketones (excluding diaryl/α,β-unsaturated/α-hetero) is 1. The van der Waals surface area contributed by atoms with Gasteiger partial charge in [0.05, 0.1) is 11.3 Å². The maximum atomic E-state index is 12.1. The molecule has 2 aromatic rings. The van der Waals surface area contributed by atoms with Crippen LogP contribution in [0.5, 0.6) is 0 Å². The van der Waals surface area contributed by atoms with Gasteiger partial charge >= 0.3 is 0 Å². The van der Waals surface area contributed by atoms with Gasteiger partial charge in [-0.25, -0.2) is 0 Å². The molecule has 102 valence electrons. The maximum Gasteiger partial charge on any atom is 0.272 e. The number of nitrogens with zero attached hydrogens (tertiary/aromatic N) is 2. The molecule has 5 heteroatoms. The zero-order chi connectivity index (χ0) is 14.7. The monoisotopic (exact) mass is 270 g/mol. The van der Waals surface area contributed by atoms with Crippen molar-refractivity contribution in [3.05, 3.63) is 69.0 Å². The second-order valence-electron chi connectivity index (χ2n) is 4.69. The molecule has 0 aliphatic carbocycles. The molecule has 0 spiro atoms. The van der Waals surface area contributed by atoms with Gasteiger partial charge in [0.2, 0.25) is 0 Å². The summed E-state index contributed by atoms with van der Waals surface area (Å²) in [6, 6.07) is 8.11. The normalized spacial score (nSPS) is 10.3. The Balaban J connectivity index is 2.19. The average Bonchev–Trinajstić information content (AvgIpc) is 2.40. The van der Waals surface area contributed by atoms with Crippen LogP contribution in [0.25, 0.3) is 0 Å². The van der Waals surface area contributed by atoms with Crippen LogP contribution in [-0.2, 0) is 6.42 Å². The highest BCUT2D eigenvalue weighted by atomic mass is 16.6. The van der Waals surface area contributed by atoms with E-state index in [1.165, 1.54) is 12.1 Å². The van der Waals surface area contributed by atoms with E-state index in [-0.39, 0.29) is 17.9 Å². The molecule has 0 N–H and O–H groups in total. The van der Waals surface area contributed by atoms with Gasteiger partial charge in [0.1, 0.15) is 0 Å². The Morgan fingerprint density at radius 2 is 2.00 bits per heavy atom. The minimum atomic E-state index is -0.453. The molecule has 0 aliphatic heterocycles. The first-order valence-corrected chi connectivity index (χ1v) is 6.17. The number of ketones is 1. The molecule has 1 aromatic heterocycles. The van der Waals surface area contributed by atoms with Crippen LogP contribution in [0.3, 0.4) is 0 Å². The smallest absolute Gasteiger partial charge is 0.272 e. The highest BCUT2D eigenvalue weighted by molar-refractivity contribution is 5.97. The van der Waals surface area contributed by atoms with E-state index in [9.17, 15) is 14.9 Å². The lowest BCUT2D eigenvalue weighted by Crippen LogP contribution is -2.06. The summed E-state index contributed by atoms with van der Waals surface area (Å²) in [4.78, 5) is 26.6. The Morgan fingerprint density at radius 1 is 1.25 bits per heavy atom. The summed E-state index contributed by atoms with van der Waals surface area (Å²) in [6.45, 7) is 3.55. The van der Waals surface area contributed by atoms with Gasteiger partial charge in [-0.15, -0.1) is 0 Å². The lowest BCUT2D eigenvalue weighted by molar-refractivity contribution is -0.385. The van der Waals surface area contributed by atoms with Crippen LogP contribution in [0.2, 0.25) is 0 Å². The van der Waals surface area contributed by atoms with Gasteiger partial charge < -0.3 is 0 Å². The quantitative estimate of drug-likeness (QED) is 0.486. The molecule has 2 rings (SSSR count). The standard InChI is InChI=1S/C15H14N2O3/c1-10-3-5-13(16-9-10)8-15(18)12-4-6-14(17(19)20)11(2)7-12/h3-7,9H,8H2,1-2H3. The summed E-state index contributed by atoms with van der Waals surface area (Å²) in [5.74, 6) is -0.0978. The highest BCUT2D eigenvalue weighted by Crippen LogP contribution is 2.19. The number of benzene rings is 1. The van der Waals surface area contributed by atoms with E-state index in [4.69, 9.17) is 0 Å². The largest absolute Gasteiger partial charge is 0.294 e. The maximum absolute atomic E-state index is 12.1. The Labute approximate surface area is 116 Å². The molecule has 0 aliphatic rings. The average molecular weight is 270 g/mol. The Hall–Kier alpha value is -2.56. The van der Waals surface area contributed by atoms with Crippen molar-refractivity contribution in [1.82, 2.24) is 4.98 Å². The SMILES string of the molecule is Cc1ccc(CC(=O)c2ccc([N+](=O)[O-])c(C)c2)nc1. The number of nitro benzene ring substituents is 1. The highest BCUT2D eigenvalue weighted by Gasteiger charge is 2.14. The summed E-state index contributed by atoms with van der Waals surface area (Å²) in [6.07, 6.45) is 1.90. The molecule has 0 saturated carbocycles. The second-order valence-corrected chi connectivity index (χ2v) is 4.69. The van der Waals surface area contributed by atoms with Crippen molar-refractivity contribution in [2.75, 3.05) is 0 Å². The zero-order valence-electron chi connectivity index (χ0n) is 11.3. The summed E-state index contributed by atoms with van der Waals surface area (Å²) in [5, 5.41) is 10.7. The molecule has 1 heterocycles. The van der Waals surface area contributed by atoms with E-state index in [1.54, 1.807) is 19.2 Å². The van der Waals surface area contributed by atoms with Crippen molar-refractivity contribution in [3.63, 3.8) is 0 Å². The Morgan fingerprint density at radius 3 is 2.55 bits per heavy atom. The molecule has 0 saturated heterocycles. The number of carbonyl (C=O) groups excluding carboxylic acids is 1. The minimum Gasteiger partial charge on any atom is -0.294 e. The van der Waals surface area contributed by atoms with E-state index in [2.05, 4.69) is 4.98 Å². The summed E-state index contributed by atoms with van der Waals surface area (Å²) in [5.41, 5.74) is 2.70. The molecule has 0 amide bonds. The first-order valence-electron chi connectivity index (χ1n) is 6.17. The molecule has 0 unspecified atom stereocenters. The third-order valence-corrected chi connectivity index (χ3v) is 3.03. The van der Waals surface area contributed by atoms with Crippen molar-refractivity contribution in [3.8, 4) is 0 Å². The fourth-order valence-electron chi connectivity index (χ4n) is 1.90. The van der Waals surface area contributed by atoms with Gasteiger partial charge in [-0.3, -0.25) is 19.9 Å². The number of aromatic nitrogens is 1. The van der Waals surface area contributed by atoms with Crippen molar-refractivity contribution in [1.29, 1.82) is 0 Å². The number of hydrogen-bond acceptors (Lipinski definition) is 4. The molecular weight excluding hydrogens is 256 g/mol. The molecule has 0 bridgehead atoms. The molecule has 5 nitrogen and oxygen atoms in total. The molecular formula is C15H14N2O3. The number of nitro groups is 1. The van der Waals surface area contributed by atoms with E-state index >= 15 is 0 Å². The number of hydrogen-bond donors (Lipinski definition) is 0. The molecule has 1 aromatic carbocycles. The first-order chi connectivity index (χ1) is 9.47.